The number of aromatic nitrogens is 10. The van der Waals surface area contributed by atoms with E-state index in [2.05, 4.69) is 72.0 Å². The lowest BCUT2D eigenvalue weighted by atomic mass is 10.0. The normalized spacial score (nSPS) is 17.7. The van der Waals surface area contributed by atoms with E-state index in [1.54, 1.807) is 94.1 Å². The van der Waals surface area contributed by atoms with E-state index >= 15 is 0 Å². The van der Waals surface area contributed by atoms with Crippen LogP contribution in [0.1, 0.15) is 80.8 Å². The summed E-state index contributed by atoms with van der Waals surface area (Å²) in [7, 11) is 0. The number of rotatable bonds is 14. The molecule has 2 saturated heterocycles. The molecule has 2 unspecified atom stereocenters. The van der Waals surface area contributed by atoms with Crippen molar-refractivity contribution >= 4 is 90.5 Å². The predicted octanol–water partition coefficient (Wildman–Crippen LogP) is 9.25. The number of carbonyl (C=O) groups excluding carboxylic acids is 4. The highest BCUT2D eigenvalue weighted by atomic mass is 79.9. The van der Waals surface area contributed by atoms with Gasteiger partial charge in [-0.3, -0.25) is 28.5 Å². The fraction of sp³-hybridized carbons (Fsp3) is 0.345. The number of Topliss-reactive ketones (excluding diaryl/α,β-unsaturated/α-hetero) is 2. The van der Waals surface area contributed by atoms with Gasteiger partial charge in [-0.05, 0) is 119 Å². The lowest BCUT2D eigenvalue weighted by molar-refractivity contribution is -0.138. The second-order valence-electron chi connectivity index (χ2n) is 18.9. The Morgan fingerprint density at radius 2 is 1.03 bits per heavy atom. The lowest BCUT2D eigenvalue weighted by Gasteiger charge is -2.23. The van der Waals surface area contributed by atoms with Gasteiger partial charge >= 0.3 is 0 Å². The van der Waals surface area contributed by atoms with Crippen molar-refractivity contribution in [2.75, 3.05) is 13.1 Å². The molecule has 408 valence electrons. The Morgan fingerprint density at radius 3 is 1.41 bits per heavy atom. The Morgan fingerprint density at radius 1 is 0.628 bits per heavy atom. The van der Waals surface area contributed by atoms with E-state index in [0.717, 1.165) is 22.3 Å². The van der Waals surface area contributed by atoms with E-state index in [4.69, 9.17) is 0 Å². The highest BCUT2D eigenvalue weighted by Crippen LogP contribution is 2.33. The van der Waals surface area contributed by atoms with Crippen molar-refractivity contribution < 1.29 is 37.5 Å². The standard InChI is InChI=1S/C27H25BrF2N6O2.C27H26BrFN6O3.CH4.H2S/c1-15(29)27-21-8-17(18-11-31-16(2)32-12-18)6-7-22(21)36(34-27)14-26(38)35-13-19(30)9-23(35)24(37)10-20-4-3-5-25(28)33-20;1-15(36)27-21-8-17(18-11-30-16(2)31-12-18)6-7-22(21)35(33-27)14-26(38)34-13-19(29)9-23(34)24(37)10-20-4-3-5-25(28)32-20;;/h3-8,11-12,15,19,23H,9-10,13-14H2,1-2H3;3-8,11-12,15,19,23,36H,9-10,13-14H2,1-2H3;1H4;1H2/t2*15?,19-,23+;;/m11../s1. The Hall–Kier alpha value is -6.82. The summed E-state index contributed by atoms with van der Waals surface area (Å²) in [6.45, 7) is 5.82. The summed E-state index contributed by atoms with van der Waals surface area (Å²) in [6, 6.07) is 19.7. The summed E-state index contributed by atoms with van der Waals surface area (Å²) in [5, 5.41) is 20.5. The van der Waals surface area contributed by atoms with Crippen molar-refractivity contribution in [2.24, 2.45) is 0 Å². The minimum absolute atomic E-state index is 0. The lowest BCUT2D eigenvalue weighted by Crippen LogP contribution is -2.43. The molecule has 78 heavy (non-hydrogen) atoms. The molecule has 1 N–H and O–H groups in total. The van der Waals surface area contributed by atoms with Gasteiger partial charge in [0.2, 0.25) is 11.8 Å². The molecule has 10 rings (SSSR count). The van der Waals surface area contributed by atoms with Crippen molar-refractivity contribution in [1.29, 1.82) is 0 Å². The average Bonchev–Trinajstić information content (AvgIpc) is 4.18. The molecule has 0 bridgehead atoms. The molecule has 6 aromatic heterocycles. The first kappa shape index (κ1) is 58.9. The van der Waals surface area contributed by atoms with Gasteiger partial charge in [-0.2, -0.15) is 23.7 Å². The van der Waals surface area contributed by atoms with Crippen molar-refractivity contribution in [3.8, 4) is 22.3 Å². The van der Waals surface area contributed by atoms with Gasteiger partial charge in [-0.1, -0.05) is 31.7 Å². The number of aliphatic hydroxyl groups excluding tert-OH is 1. The fourth-order valence-corrected chi connectivity index (χ4v) is 10.3. The first-order chi connectivity index (χ1) is 36.4. The van der Waals surface area contributed by atoms with Gasteiger partial charge in [0, 0.05) is 70.9 Å². The number of ketones is 2. The molecule has 8 heterocycles. The Bertz CT molecular complexity index is 3250. The largest absolute Gasteiger partial charge is 0.387 e. The average molecular weight is 1220 g/mol. The molecule has 8 aromatic rings. The molecular weight excluding hydrogens is 1160 g/mol. The van der Waals surface area contributed by atoms with Crippen LogP contribution in [-0.4, -0.2) is 125 Å². The van der Waals surface area contributed by atoms with E-state index in [1.807, 2.05) is 24.3 Å². The number of benzene rings is 2. The zero-order valence-corrected chi connectivity index (χ0v) is 46.4. The summed E-state index contributed by atoms with van der Waals surface area (Å²) in [4.78, 5) is 80.9. The van der Waals surface area contributed by atoms with E-state index in [0.29, 0.717) is 59.7 Å². The van der Waals surface area contributed by atoms with Crippen molar-refractivity contribution in [3.05, 3.63) is 141 Å². The Labute approximate surface area is 471 Å². The molecule has 2 aliphatic heterocycles. The van der Waals surface area contributed by atoms with Crippen LogP contribution in [0.15, 0.2) is 107 Å². The monoisotopic (exact) mass is 1210 g/mol. The van der Waals surface area contributed by atoms with E-state index < -0.39 is 48.5 Å². The molecule has 0 aliphatic carbocycles. The van der Waals surface area contributed by atoms with Crippen LogP contribution < -0.4 is 0 Å². The molecule has 2 amide bonds. The number of nitrogens with zero attached hydrogens (tertiary/aromatic N) is 12. The number of alkyl halides is 3. The van der Waals surface area contributed by atoms with Crippen LogP contribution in [-0.2, 0) is 45.1 Å². The van der Waals surface area contributed by atoms with Crippen molar-refractivity contribution in [3.63, 3.8) is 0 Å². The van der Waals surface area contributed by atoms with Gasteiger partial charge in [-0.15, -0.1) is 0 Å². The van der Waals surface area contributed by atoms with Crippen LogP contribution in [0.25, 0.3) is 44.1 Å². The maximum absolute atomic E-state index is 14.6. The number of likely N-dealkylation sites (tertiary alicyclic amines) is 2. The number of halogens is 5. The van der Waals surface area contributed by atoms with Gasteiger partial charge in [0.05, 0.1) is 60.8 Å². The van der Waals surface area contributed by atoms with E-state index in [-0.39, 0.29) is 90.0 Å². The molecule has 0 spiro atoms. The third kappa shape index (κ3) is 13.4. The summed E-state index contributed by atoms with van der Waals surface area (Å²) < 4.78 is 47.5. The summed E-state index contributed by atoms with van der Waals surface area (Å²) in [5.41, 5.74) is 6.11. The molecule has 2 aliphatic rings. The number of pyridine rings is 2. The maximum Gasteiger partial charge on any atom is 0.245 e. The van der Waals surface area contributed by atoms with Crippen LogP contribution in [0.3, 0.4) is 0 Å². The number of aliphatic hydroxyl groups is 1. The summed E-state index contributed by atoms with van der Waals surface area (Å²) in [5.74, 6) is -0.108. The smallest absolute Gasteiger partial charge is 0.245 e. The second-order valence-corrected chi connectivity index (χ2v) is 20.5. The molecule has 23 heteroatoms. The Kier molecular flexibility index (Phi) is 19.1. The molecule has 17 nitrogen and oxygen atoms in total. The molecular formula is C55H57Br2F3N12O5S. The number of amides is 2. The second kappa shape index (κ2) is 25.3. The SMILES string of the molecule is C.Cc1ncc(-c2ccc3c(c2)c(C(C)F)nn3CC(=O)N2C[C@H](F)C[C@H]2C(=O)Cc2cccc(Br)n2)cn1.Cc1ncc(-c2ccc3c(c2)c(C(C)O)nn3CC(=O)N2C[C@H](F)C[C@H]2C(=O)Cc2cccc(Br)n2)cn1.S. The van der Waals surface area contributed by atoms with Crippen LogP contribution >= 0.6 is 45.4 Å². The van der Waals surface area contributed by atoms with Crippen LogP contribution in [0.4, 0.5) is 13.2 Å². The zero-order chi connectivity index (χ0) is 53.9. The van der Waals surface area contributed by atoms with Gasteiger partial charge in [0.15, 0.2) is 11.6 Å². The van der Waals surface area contributed by atoms with Crippen LogP contribution in [0, 0.1) is 13.8 Å². The fourth-order valence-electron chi connectivity index (χ4n) is 9.55. The number of carbonyl (C=O) groups is 4. The first-order valence-electron chi connectivity index (χ1n) is 24.5. The van der Waals surface area contributed by atoms with Crippen molar-refractivity contribution in [1.82, 2.24) is 59.3 Å². The number of aryl methyl sites for hydroxylation is 2. The Balaban J connectivity index is 0.000000220. The third-order valence-corrected chi connectivity index (χ3v) is 14.2. The molecule has 2 fully saturated rings. The van der Waals surface area contributed by atoms with E-state index in [9.17, 15) is 37.5 Å². The highest BCUT2D eigenvalue weighted by Gasteiger charge is 2.41. The number of hydrogen-bond acceptors (Lipinski definition) is 13. The number of hydrogen-bond donors (Lipinski definition) is 1. The van der Waals surface area contributed by atoms with Gasteiger partial charge in [0.1, 0.15) is 58.2 Å². The maximum atomic E-state index is 14.6. The predicted molar refractivity (Wildman–Crippen MR) is 300 cm³/mol. The van der Waals surface area contributed by atoms with E-state index in [1.165, 1.54) is 26.1 Å². The quantitative estimate of drug-likeness (QED) is 0.101. The molecule has 6 atom stereocenters. The topological polar surface area (TPSA) is 208 Å². The molecule has 0 saturated carbocycles. The first-order valence-corrected chi connectivity index (χ1v) is 26.0. The molecule has 2 aromatic carbocycles. The van der Waals surface area contributed by atoms with Gasteiger partial charge in [0.25, 0.3) is 0 Å². The van der Waals surface area contributed by atoms with Crippen molar-refractivity contribution in [2.45, 2.75) is 111 Å². The minimum atomic E-state index is -1.38. The van der Waals surface area contributed by atoms with Gasteiger partial charge < -0.3 is 14.9 Å². The summed E-state index contributed by atoms with van der Waals surface area (Å²) in [6.07, 6.45) is 1.86. The van der Waals surface area contributed by atoms with Gasteiger partial charge in [-0.25, -0.2) is 43.1 Å². The molecule has 0 radical (unpaired) electrons. The number of fused-ring (bicyclic) bond motifs is 2. The van der Waals surface area contributed by atoms with Crippen LogP contribution in [0.5, 0.6) is 0 Å². The third-order valence-electron chi connectivity index (χ3n) is 13.3. The highest BCUT2D eigenvalue weighted by molar-refractivity contribution is 9.10. The zero-order valence-electron chi connectivity index (χ0n) is 42.2. The van der Waals surface area contributed by atoms with Crippen LogP contribution in [0.2, 0.25) is 0 Å². The summed E-state index contributed by atoms with van der Waals surface area (Å²) >= 11 is 6.57. The minimum Gasteiger partial charge on any atom is -0.387 e.